The monoisotopic (exact) mass is 587 g/mol. The summed E-state index contributed by atoms with van der Waals surface area (Å²) in [6.45, 7) is 2.85. The normalized spacial score (nSPS) is 14.5. The van der Waals surface area contributed by atoms with Gasteiger partial charge < -0.3 is 18.8 Å². The first-order valence-electron chi connectivity index (χ1n) is 13.8. The molecule has 0 aliphatic carbocycles. The van der Waals surface area contributed by atoms with E-state index in [2.05, 4.69) is 9.97 Å². The molecule has 0 unspecified atom stereocenters. The third-order valence-corrected chi connectivity index (χ3v) is 7.50. The Hall–Kier alpha value is -4.70. The van der Waals surface area contributed by atoms with E-state index in [1.165, 1.54) is 13.2 Å². The van der Waals surface area contributed by atoms with Crippen LogP contribution in [-0.4, -0.2) is 40.3 Å². The fourth-order valence-electron chi connectivity index (χ4n) is 5.04. The van der Waals surface area contributed by atoms with E-state index in [9.17, 15) is 9.18 Å². The van der Waals surface area contributed by atoms with Crippen molar-refractivity contribution in [3.05, 3.63) is 112 Å². The second kappa shape index (κ2) is 11.9. The minimum Gasteiger partial charge on any atom is -0.473 e. The van der Waals surface area contributed by atoms with Crippen molar-refractivity contribution in [3.63, 3.8) is 0 Å². The lowest BCUT2D eigenvalue weighted by Crippen LogP contribution is -2.31. The summed E-state index contributed by atoms with van der Waals surface area (Å²) in [5.41, 5.74) is 3.06. The van der Waals surface area contributed by atoms with Gasteiger partial charge in [-0.15, -0.1) is 0 Å². The maximum Gasteiger partial charge on any atom is 0.337 e. The quantitative estimate of drug-likeness (QED) is 0.182. The zero-order chi connectivity index (χ0) is 30.1. The van der Waals surface area contributed by atoms with Crippen LogP contribution in [0.2, 0.25) is 0 Å². The van der Waals surface area contributed by atoms with Gasteiger partial charge in [-0.3, -0.25) is 0 Å². The molecule has 1 fully saturated rings. The summed E-state index contributed by atoms with van der Waals surface area (Å²) in [5.74, 6) is -1.50. The van der Waals surface area contributed by atoms with Gasteiger partial charge in [0.2, 0.25) is 5.88 Å². The van der Waals surface area contributed by atoms with E-state index in [1.54, 1.807) is 55.5 Å². The minimum atomic E-state index is -0.663. The zero-order valence-electron chi connectivity index (χ0n) is 23.6. The molecule has 0 radical (unpaired) electrons. The molecule has 220 valence electrons. The van der Waals surface area contributed by atoms with Gasteiger partial charge in [0.1, 0.15) is 29.9 Å². The van der Waals surface area contributed by atoms with Crippen LogP contribution < -0.4 is 4.74 Å². The lowest BCUT2D eigenvalue weighted by atomic mass is 10.0. The molecule has 1 aliphatic heterocycles. The van der Waals surface area contributed by atoms with Gasteiger partial charge in [0, 0.05) is 30.2 Å². The molecule has 10 heteroatoms. The smallest absolute Gasteiger partial charge is 0.337 e. The maximum absolute atomic E-state index is 15.5. The largest absolute Gasteiger partial charge is 0.473 e. The molecule has 3 aromatic carbocycles. The first-order valence-corrected chi connectivity index (χ1v) is 13.8. The van der Waals surface area contributed by atoms with Crippen LogP contribution in [0.5, 0.6) is 5.88 Å². The third-order valence-electron chi connectivity index (χ3n) is 7.50. The summed E-state index contributed by atoms with van der Waals surface area (Å²) in [6, 6.07) is 16.8. The molecule has 3 heterocycles. The second-order valence-corrected chi connectivity index (χ2v) is 10.5. The van der Waals surface area contributed by atoms with Gasteiger partial charge in [-0.05, 0) is 66.9 Å². The number of rotatable bonds is 9. The SMILES string of the molecule is COC(=O)c1ccc2nc(Cc3cc(F)c(-c4cccc(OCc5ccc(C)cc5F)n4)cc3F)n(C[C@@H]3CCO3)c2c1. The van der Waals surface area contributed by atoms with Gasteiger partial charge in [-0.1, -0.05) is 18.2 Å². The van der Waals surface area contributed by atoms with Crippen molar-refractivity contribution >= 4 is 17.0 Å². The lowest BCUT2D eigenvalue weighted by Gasteiger charge is -2.27. The maximum atomic E-state index is 15.5. The number of carbonyl (C=O) groups is 1. The number of imidazole rings is 1. The van der Waals surface area contributed by atoms with Crippen molar-refractivity contribution in [2.45, 2.75) is 39.0 Å². The average molecular weight is 588 g/mol. The van der Waals surface area contributed by atoms with Gasteiger partial charge in [-0.25, -0.2) is 27.9 Å². The van der Waals surface area contributed by atoms with Crippen LogP contribution in [0.1, 0.15) is 39.3 Å². The topological polar surface area (TPSA) is 75.5 Å². The molecule has 5 aromatic rings. The number of nitrogens with zero attached hydrogens (tertiary/aromatic N) is 3. The van der Waals surface area contributed by atoms with Gasteiger partial charge in [0.05, 0.1) is 42.0 Å². The molecule has 1 atom stereocenters. The summed E-state index contributed by atoms with van der Waals surface area (Å²) >= 11 is 0. The second-order valence-electron chi connectivity index (χ2n) is 10.5. The number of carbonyl (C=O) groups excluding carboxylic acids is 1. The number of benzene rings is 3. The van der Waals surface area contributed by atoms with Crippen molar-refractivity contribution in [1.29, 1.82) is 0 Å². The highest BCUT2D eigenvalue weighted by Gasteiger charge is 2.24. The predicted octanol–water partition coefficient (Wildman–Crippen LogP) is 6.57. The number of hydrogen-bond donors (Lipinski definition) is 0. The van der Waals surface area contributed by atoms with Crippen LogP contribution in [0.25, 0.3) is 22.3 Å². The van der Waals surface area contributed by atoms with Crippen molar-refractivity contribution in [3.8, 4) is 17.1 Å². The first-order chi connectivity index (χ1) is 20.8. The number of aromatic nitrogens is 3. The van der Waals surface area contributed by atoms with Gasteiger partial charge in [0.25, 0.3) is 0 Å². The number of halogens is 3. The Kier molecular flexibility index (Phi) is 7.86. The molecule has 43 heavy (non-hydrogen) atoms. The Bertz CT molecular complexity index is 1830. The van der Waals surface area contributed by atoms with Crippen molar-refractivity contribution < 1.29 is 32.2 Å². The molecule has 0 N–H and O–H groups in total. The van der Waals surface area contributed by atoms with E-state index >= 15 is 8.78 Å². The van der Waals surface area contributed by atoms with Crippen LogP contribution in [0.4, 0.5) is 13.2 Å². The molecule has 6 rings (SSSR count). The number of methoxy groups -OCH3 is 1. The van der Waals surface area contributed by atoms with E-state index in [0.29, 0.717) is 41.1 Å². The van der Waals surface area contributed by atoms with Crippen molar-refractivity contribution in [2.24, 2.45) is 0 Å². The molecule has 0 spiro atoms. The molecular weight excluding hydrogens is 559 g/mol. The number of pyridine rings is 1. The number of ether oxygens (including phenoxy) is 3. The molecule has 0 saturated carbocycles. The molecule has 0 bridgehead atoms. The molecule has 2 aromatic heterocycles. The summed E-state index contributed by atoms with van der Waals surface area (Å²) in [7, 11) is 1.31. The minimum absolute atomic E-state index is 0.0106. The van der Waals surface area contributed by atoms with Crippen molar-refractivity contribution in [1.82, 2.24) is 14.5 Å². The molecular formula is C33H28F3N3O4. The van der Waals surface area contributed by atoms with E-state index in [1.807, 2.05) is 4.57 Å². The Morgan fingerprint density at radius 3 is 2.53 bits per heavy atom. The lowest BCUT2D eigenvalue weighted by molar-refractivity contribution is -0.0589. The molecule has 1 aliphatic rings. The fraction of sp³-hybridized carbons (Fsp3) is 0.242. The Morgan fingerprint density at radius 1 is 0.977 bits per heavy atom. The zero-order valence-corrected chi connectivity index (χ0v) is 23.6. The van der Waals surface area contributed by atoms with Crippen LogP contribution in [0.3, 0.4) is 0 Å². The number of hydrogen-bond acceptors (Lipinski definition) is 6. The number of fused-ring (bicyclic) bond motifs is 1. The van der Waals surface area contributed by atoms with Gasteiger partial charge in [0.15, 0.2) is 0 Å². The van der Waals surface area contributed by atoms with Crippen molar-refractivity contribution in [2.75, 3.05) is 13.7 Å². The van der Waals surface area contributed by atoms with E-state index in [4.69, 9.17) is 14.2 Å². The summed E-state index contributed by atoms with van der Waals surface area (Å²) in [6.07, 6.45) is 0.838. The number of aryl methyl sites for hydroxylation is 1. The standard InChI is InChI=1S/C33H28F3N3O4/c1-19-6-7-21(25(34)12-19)18-43-32-5-3-4-28(38-32)24-16-26(35)22(13-27(24)36)15-31-37-29-9-8-20(33(40)41-2)14-30(29)39(31)17-23-10-11-42-23/h3-9,12-14,16,23H,10-11,15,17-18H2,1-2H3/t23-/m0/s1. The van der Waals surface area contributed by atoms with Crippen LogP contribution in [0, 0.1) is 24.4 Å². The average Bonchev–Trinajstić information content (AvgIpc) is 3.31. The highest BCUT2D eigenvalue weighted by molar-refractivity contribution is 5.93. The molecule has 7 nitrogen and oxygen atoms in total. The summed E-state index contributed by atoms with van der Waals surface area (Å²) < 4.78 is 63.2. The Balaban J connectivity index is 1.27. The summed E-state index contributed by atoms with van der Waals surface area (Å²) in [5, 5.41) is 0. The highest BCUT2D eigenvalue weighted by Crippen LogP contribution is 2.29. The fourth-order valence-corrected chi connectivity index (χ4v) is 5.04. The van der Waals surface area contributed by atoms with Crippen LogP contribution >= 0.6 is 0 Å². The predicted molar refractivity (Wildman–Crippen MR) is 153 cm³/mol. The van der Waals surface area contributed by atoms with E-state index < -0.39 is 23.4 Å². The number of esters is 1. The first kappa shape index (κ1) is 28.4. The van der Waals surface area contributed by atoms with Gasteiger partial charge in [-0.2, -0.15) is 0 Å². The van der Waals surface area contributed by atoms with E-state index in [0.717, 1.165) is 24.1 Å². The van der Waals surface area contributed by atoms with E-state index in [-0.39, 0.29) is 41.8 Å². The molecule has 0 amide bonds. The van der Waals surface area contributed by atoms with Gasteiger partial charge >= 0.3 is 5.97 Å². The Labute approximate surface area is 245 Å². The molecule has 1 saturated heterocycles. The third kappa shape index (κ3) is 5.96. The Morgan fingerprint density at radius 2 is 1.79 bits per heavy atom. The summed E-state index contributed by atoms with van der Waals surface area (Å²) in [4.78, 5) is 21.1. The van der Waals surface area contributed by atoms with Crippen LogP contribution in [-0.2, 0) is 29.0 Å². The van der Waals surface area contributed by atoms with Crippen LogP contribution in [0.15, 0.2) is 66.7 Å². The highest BCUT2D eigenvalue weighted by atomic mass is 19.1.